The molecule has 14 heavy (non-hydrogen) atoms. The van der Waals surface area contributed by atoms with E-state index in [9.17, 15) is 4.79 Å². The van der Waals surface area contributed by atoms with Gasteiger partial charge < -0.3 is 15.4 Å². The maximum absolute atomic E-state index is 11.6. The fraction of sp³-hybridized carbons (Fsp3) is 0.900. The molecule has 1 saturated heterocycles. The molecule has 1 aliphatic heterocycles. The molecule has 0 aliphatic carbocycles. The van der Waals surface area contributed by atoms with Gasteiger partial charge in [-0.15, -0.1) is 0 Å². The highest BCUT2D eigenvalue weighted by atomic mass is 16.5. The van der Waals surface area contributed by atoms with Gasteiger partial charge in [0.25, 0.3) is 0 Å². The molecule has 82 valence electrons. The highest BCUT2D eigenvalue weighted by Gasteiger charge is 2.39. The van der Waals surface area contributed by atoms with Gasteiger partial charge in [0.2, 0.25) is 5.91 Å². The zero-order chi connectivity index (χ0) is 11.0. The van der Waals surface area contributed by atoms with Gasteiger partial charge in [0.05, 0.1) is 12.1 Å². The van der Waals surface area contributed by atoms with E-state index in [1.807, 2.05) is 32.6 Å². The number of ether oxygens (including phenoxy) is 1. The van der Waals surface area contributed by atoms with Gasteiger partial charge in [0.15, 0.2) is 0 Å². The van der Waals surface area contributed by atoms with Crippen molar-refractivity contribution in [1.29, 1.82) is 0 Å². The standard InChI is InChI=1S/C10H20N2O2/c1-9(2,3)12-7-10(4,6-11)14-5-8(12)13/h5-7,11H2,1-4H3. The number of hydrogen-bond acceptors (Lipinski definition) is 3. The number of nitrogens with two attached hydrogens (primary N) is 1. The van der Waals surface area contributed by atoms with E-state index in [-0.39, 0.29) is 23.7 Å². The number of morpholine rings is 1. The van der Waals surface area contributed by atoms with Crippen LogP contribution in [-0.4, -0.2) is 41.6 Å². The van der Waals surface area contributed by atoms with Crippen molar-refractivity contribution < 1.29 is 9.53 Å². The van der Waals surface area contributed by atoms with E-state index < -0.39 is 0 Å². The van der Waals surface area contributed by atoms with Gasteiger partial charge >= 0.3 is 0 Å². The summed E-state index contributed by atoms with van der Waals surface area (Å²) in [7, 11) is 0. The average molecular weight is 200 g/mol. The van der Waals surface area contributed by atoms with Crippen molar-refractivity contribution in [1.82, 2.24) is 4.90 Å². The summed E-state index contributed by atoms with van der Waals surface area (Å²) in [6.45, 7) is 9.16. The molecule has 1 unspecified atom stereocenters. The summed E-state index contributed by atoms with van der Waals surface area (Å²) in [5.74, 6) is 0.0448. The Morgan fingerprint density at radius 2 is 2.14 bits per heavy atom. The zero-order valence-electron chi connectivity index (χ0n) is 9.46. The first kappa shape index (κ1) is 11.5. The normalized spacial score (nSPS) is 29.5. The maximum atomic E-state index is 11.6. The van der Waals surface area contributed by atoms with Crippen molar-refractivity contribution in [2.75, 3.05) is 19.7 Å². The Labute approximate surface area is 85.4 Å². The molecule has 4 heteroatoms. The third-order valence-electron chi connectivity index (χ3n) is 2.58. The number of rotatable bonds is 1. The van der Waals surface area contributed by atoms with Crippen molar-refractivity contribution in [3.05, 3.63) is 0 Å². The van der Waals surface area contributed by atoms with Gasteiger partial charge in [-0.1, -0.05) is 0 Å². The second kappa shape index (κ2) is 3.51. The van der Waals surface area contributed by atoms with Crippen molar-refractivity contribution in [3.8, 4) is 0 Å². The minimum Gasteiger partial charge on any atom is -0.362 e. The van der Waals surface area contributed by atoms with Crippen molar-refractivity contribution in [2.45, 2.75) is 38.8 Å². The van der Waals surface area contributed by atoms with Crippen LogP contribution in [-0.2, 0) is 9.53 Å². The van der Waals surface area contributed by atoms with Crippen LogP contribution in [0.4, 0.5) is 0 Å². The number of carbonyl (C=O) groups is 1. The predicted octanol–water partition coefficient (Wildman–Crippen LogP) is 0.361. The predicted molar refractivity (Wildman–Crippen MR) is 54.9 cm³/mol. The maximum Gasteiger partial charge on any atom is 0.249 e. The first-order chi connectivity index (χ1) is 6.28. The summed E-state index contributed by atoms with van der Waals surface area (Å²) in [5, 5.41) is 0. The largest absolute Gasteiger partial charge is 0.362 e. The highest BCUT2D eigenvalue weighted by Crippen LogP contribution is 2.23. The van der Waals surface area contributed by atoms with Gasteiger partial charge in [0, 0.05) is 12.1 Å². The van der Waals surface area contributed by atoms with Crippen LogP contribution in [0.3, 0.4) is 0 Å². The molecule has 2 N–H and O–H groups in total. The smallest absolute Gasteiger partial charge is 0.249 e. The lowest BCUT2D eigenvalue weighted by Crippen LogP contribution is -2.61. The first-order valence-corrected chi connectivity index (χ1v) is 4.93. The fourth-order valence-electron chi connectivity index (χ4n) is 1.52. The molecule has 1 atom stereocenters. The third kappa shape index (κ3) is 2.25. The van der Waals surface area contributed by atoms with Crippen molar-refractivity contribution in [2.24, 2.45) is 5.73 Å². The average Bonchev–Trinajstić information content (AvgIpc) is 2.08. The molecule has 4 nitrogen and oxygen atoms in total. The van der Waals surface area contributed by atoms with Crippen LogP contribution in [0.15, 0.2) is 0 Å². The Morgan fingerprint density at radius 1 is 1.57 bits per heavy atom. The van der Waals surface area contributed by atoms with Crippen LogP contribution in [0.2, 0.25) is 0 Å². The highest BCUT2D eigenvalue weighted by molar-refractivity contribution is 5.79. The zero-order valence-corrected chi connectivity index (χ0v) is 9.46. The van der Waals surface area contributed by atoms with Crippen LogP contribution in [0.1, 0.15) is 27.7 Å². The third-order valence-corrected chi connectivity index (χ3v) is 2.58. The molecule has 0 spiro atoms. The first-order valence-electron chi connectivity index (χ1n) is 4.93. The summed E-state index contributed by atoms with van der Waals surface area (Å²) in [6, 6.07) is 0. The number of hydrogen-bond donors (Lipinski definition) is 1. The Balaban J connectivity index is 2.80. The molecule has 0 aromatic heterocycles. The summed E-state index contributed by atoms with van der Waals surface area (Å²) in [5.41, 5.74) is 5.08. The van der Waals surface area contributed by atoms with Crippen LogP contribution in [0.5, 0.6) is 0 Å². The second-order valence-corrected chi connectivity index (χ2v) is 5.09. The fourth-order valence-corrected chi connectivity index (χ4v) is 1.52. The van der Waals surface area contributed by atoms with Gasteiger partial charge in [-0.05, 0) is 27.7 Å². The summed E-state index contributed by atoms with van der Waals surface area (Å²) < 4.78 is 5.44. The molecule has 0 radical (unpaired) electrons. The topological polar surface area (TPSA) is 55.6 Å². The van der Waals surface area contributed by atoms with E-state index in [0.717, 1.165) is 0 Å². The van der Waals surface area contributed by atoms with Gasteiger partial charge in [0.1, 0.15) is 6.61 Å². The minimum atomic E-state index is -0.388. The van der Waals surface area contributed by atoms with Crippen LogP contribution < -0.4 is 5.73 Å². The molecule has 0 saturated carbocycles. The van der Waals surface area contributed by atoms with E-state index in [4.69, 9.17) is 10.5 Å². The molecule has 1 aliphatic rings. The molecular weight excluding hydrogens is 180 g/mol. The lowest BCUT2D eigenvalue weighted by atomic mass is 9.98. The van der Waals surface area contributed by atoms with E-state index in [1.165, 1.54) is 0 Å². The molecule has 0 aromatic carbocycles. The van der Waals surface area contributed by atoms with Crippen LogP contribution in [0.25, 0.3) is 0 Å². The lowest BCUT2D eigenvalue weighted by molar-refractivity contribution is -0.167. The van der Waals surface area contributed by atoms with Crippen LogP contribution in [0, 0.1) is 0 Å². The van der Waals surface area contributed by atoms with Crippen molar-refractivity contribution in [3.63, 3.8) is 0 Å². The number of nitrogens with zero attached hydrogens (tertiary/aromatic N) is 1. The molecular formula is C10H20N2O2. The van der Waals surface area contributed by atoms with Gasteiger partial charge in [-0.3, -0.25) is 4.79 Å². The molecule has 1 heterocycles. The van der Waals surface area contributed by atoms with Crippen molar-refractivity contribution >= 4 is 5.91 Å². The van der Waals surface area contributed by atoms with E-state index in [2.05, 4.69) is 0 Å². The Kier molecular flexibility index (Phi) is 2.88. The molecule has 1 rings (SSSR count). The van der Waals surface area contributed by atoms with Crippen LogP contribution >= 0.6 is 0 Å². The Morgan fingerprint density at radius 3 is 2.57 bits per heavy atom. The molecule has 0 aromatic rings. The number of amides is 1. The van der Waals surface area contributed by atoms with E-state index in [1.54, 1.807) is 0 Å². The lowest BCUT2D eigenvalue weighted by Gasteiger charge is -2.45. The Hall–Kier alpha value is -0.610. The van der Waals surface area contributed by atoms with Gasteiger partial charge in [-0.2, -0.15) is 0 Å². The minimum absolute atomic E-state index is 0.0448. The monoisotopic (exact) mass is 200 g/mol. The molecule has 0 bridgehead atoms. The quantitative estimate of drug-likeness (QED) is 0.665. The summed E-state index contributed by atoms with van der Waals surface area (Å²) >= 11 is 0. The second-order valence-electron chi connectivity index (χ2n) is 5.09. The molecule has 1 fully saturated rings. The number of carbonyl (C=O) groups excluding carboxylic acids is 1. The Bertz CT molecular complexity index is 235. The summed E-state index contributed by atoms with van der Waals surface area (Å²) in [4.78, 5) is 13.4. The van der Waals surface area contributed by atoms with Gasteiger partial charge in [-0.25, -0.2) is 0 Å². The molecule has 1 amide bonds. The summed E-state index contributed by atoms with van der Waals surface area (Å²) in [6.07, 6.45) is 0. The SMILES string of the molecule is CC1(CN)CN(C(C)(C)C)C(=O)CO1. The van der Waals surface area contributed by atoms with E-state index >= 15 is 0 Å². The van der Waals surface area contributed by atoms with E-state index in [0.29, 0.717) is 13.1 Å².